The number of hydrogen-bond donors (Lipinski definition) is 1. The number of nitrogens with zero attached hydrogens (tertiary/aromatic N) is 3. The summed E-state index contributed by atoms with van der Waals surface area (Å²) < 4.78 is 23.8. The van der Waals surface area contributed by atoms with Crippen LogP contribution in [0.2, 0.25) is 0 Å². The fourth-order valence-corrected chi connectivity index (χ4v) is 3.87. The van der Waals surface area contributed by atoms with Crippen molar-refractivity contribution in [2.45, 2.75) is 19.4 Å². The van der Waals surface area contributed by atoms with E-state index < -0.39 is 5.92 Å². The highest BCUT2D eigenvalue weighted by Crippen LogP contribution is 2.46. The van der Waals surface area contributed by atoms with Crippen LogP contribution in [0.1, 0.15) is 22.7 Å². The van der Waals surface area contributed by atoms with E-state index in [2.05, 4.69) is 6.07 Å². The molecule has 0 radical (unpaired) electrons. The molecule has 0 amide bonds. The van der Waals surface area contributed by atoms with Gasteiger partial charge in [0, 0.05) is 24.8 Å². The summed E-state index contributed by atoms with van der Waals surface area (Å²) >= 11 is 0. The van der Waals surface area contributed by atoms with E-state index in [4.69, 9.17) is 24.7 Å². The molecule has 0 unspecified atom stereocenters. The summed E-state index contributed by atoms with van der Waals surface area (Å²) in [6.07, 6.45) is 0. The lowest BCUT2D eigenvalue weighted by molar-refractivity contribution is 0.323. The number of likely N-dealkylation sites (N-methyl/N-ethyl adjacent to an activating group) is 1. The predicted octanol–water partition coefficient (Wildman–Crippen LogP) is 1.96. The fraction of sp³-hybridized carbons (Fsp3) is 0.391. The van der Waals surface area contributed by atoms with Crippen LogP contribution in [0.3, 0.4) is 0 Å². The molecular weight excluding hydrogens is 412 g/mol. The normalized spacial score (nSPS) is 15.1. The Kier molecular flexibility index (Phi) is 6.65. The fourth-order valence-electron chi connectivity index (χ4n) is 3.87. The summed E-state index contributed by atoms with van der Waals surface area (Å²) in [6.45, 7) is 3.02. The van der Waals surface area contributed by atoms with Crippen molar-refractivity contribution in [3.63, 3.8) is 0 Å². The molecule has 3 rings (SSSR count). The van der Waals surface area contributed by atoms with E-state index >= 15 is 0 Å². The zero-order chi connectivity index (χ0) is 23.6. The molecule has 170 valence electrons. The first-order valence-electron chi connectivity index (χ1n) is 10.0. The number of nitrogens with two attached hydrogens (primary N) is 1. The Morgan fingerprint density at radius 3 is 2.28 bits per heavy atom. The van der Waals surface area contributed by atoms with E-state index in [-0.39, 0.29) is 17.0 Å². The van der Waals surface area contributed by atoms with E-state index in [0.717, 1.165) is 5.69 Å². The molecule has 2 aromatic rings. The maximum absolute atomic E-state index is 13.6. The first-order chi connectivity index (χ1) is 15.3. The van der Waals surface area contributed by atoms with Gasteiger partial charge in [-0.2, -0.15) is 5.26 Å². The van der Waals surface area contributed by atoms with E-state index in [1.807, 2.05) is 25.9 Å². The molecule has 2 N–H and O–H groups in total. The molecule has 0 fully saturated rings. The van der Waals surface area contributed by atoms with Crippen LogP contribution in [0.25, 0.3) is 0 Å². The molecule has 1 aromatic carbocycles. The summed E-state index contributed by atoms with van der Waals surface area (Å²) in [7, 11) is 8.40. The third-order valence-electron chi connectivity index (χ3n) is 5.48. The van der Waals surface area contributed by atoms with Gasteiger partial charge in [-0.1, -0.05) is 0 Å². The number of aryl methyl sites for hydroxylation is 1. The molecule has 0 spiro atoms. The predicted molar refractivity (Wildman–Crippen MR) is 119 cm³/mol. The highest BCUT2D eigenvalue weighted by molar-refractivity contribution is 5.61. The van der Waals surface area contributed by atoms with Gasteiger partial charge < -0.3 is 34.1 Å². The molecule has 32 heavy (non-hydrogen) atoms. The topological polar surface area (TPSA) is 112 Å². The van der Waals surface area contributed by atoms with E-state index in [1.165, 1.54) is 21.3 Å². The number of methoxy groups -OCH3 is 3. The lowest BCUT2D eigenvalue weighted by atomic mass is 9.83. The molecule has 2 heterocycles. The Morgan fingerprint density at radius 1 is 1.16 bits per heavy atom. The first kappa shape index (κ1) is 23.0. The SMILES string of the molecule is COc1cc([C@@H]2C(C#N)=C(N)Oc3cc(C)n(CCN(C)C)c(=O)c32)cc(OC)c1OC. The van der Waals surface area contributed by atoms with Crippen molar-refractivity contribution < 1.29 is 18.9 Å². The zero-order valence-electron chi connectivity index (χ0n) is 19.2. The van der Waals surface area contributed by atoms with Crippen LogP contribution in [0.15, 0.2) is 34.4 Å². The Balaban J connectivity index is 2.31. The smallest absolute Gasteiger partial charge is 0.258 e. The lowest BCUT2D eigenvalue weighted by Gasteiger charge is -2.28. The molecule has 9 nitrogen and oxygen atoms in total. The maximum atomic E-state index is 13.6. The Morgan fingerprint density at radius 2 is 1.78 bits per heavy atom. The van der Waals surface area contributed by atoms with Gasteiger partial charge in [0.2, 0.25) is 11.6 Å². The van der Waals surface area contributed by atoms with Crippen LogP contribution in [-0.4, -0.2) is 51.4 Å². The van der Waals surface area contributed by atoms with Gasteiger partial charge in [0.1, 0.15) is 17.4 Å². The second-order valence-electron chi connectivity index (χ2n) is 7.71. The molecule has 0 saturated carbocycles. The molecule has 1 atom stereocenters. The molecule has 0 aliphatic carbocycles. The number of aromatic nitrogens is 1. The third-order valence-corrected chi connectivity index (χ3v) is 5.48. The van der Waals surface area contributed by atoms with Gasteiger partial charge in [0.15, 0.2) is 11.5 Å². The number of rotatable bonds is 7. The van der Waals surface area contributed by atoms with Crippen molar-refractivity contribution in [1.29, 1.82) is 5.26 Å². The van der Waals surface area contributed by atoms with E-state index in [0.29, 0.717) is 47.2 Å². The monoisotopic (exact) mass is 440 g/mol. The van der Waals surface area contributed by atoms with Gasteiger partial charge in [-0.05, 0) is 38.7 Å². The van der Waals surface area contributed by atoms with Crippen LogP contribution < -0.4 is 30.2 Å². The number of fused-ring (bicyclic) bond motifs is 1. The summed E-state index contributed by atoms with van der Waals surface area (Å²) in [5, 5.41) is 9.89. The van der Waals surface area contributed by atoms with Crippen molar-refractivity contribution >= 4 is 0 Å². The maximum Gasteiger partial charge on any atom is 0.258 e. The number of nitriles is 1. The van der Waals surface area contributed by atoms with Crippen LogP contribution in [0, 0.1) is 18.3 Å². The lowest BCUT2D eigenvalue weighted by Crippen LogP contribution is -2.34. The van der Waals surface area contributed by atoms with Crippen molar-refractivity contribution in [3.05, 3.63) is 56.8 Å². The largest absolute Gasteiger partial charge is 0.493 e. The molecular formula is C23H28N4O5. The minimum Gasteiger partial charge on any atom is -0.493 e. The van der Waals surface area contributed by atoms with Crippen LogP contribution >= 0.6 is 0 Å². The number of benzene rings is 1. The molecule has 1 aliphatic heterocycles. The molecule has 1 aromatic heterocycles. The Labute approximate surface area is 187 Å². The minimum absolute atomic E-state index is 0.0383. The second kappa shape index (κ2) is 9.24. The minimum atomic E-state index is -0.754. The van der Waals surface area contributed by atoms with Crippen molar-refractivity contribution in [2.24, 2.45) is 5.73 Å². The number of pyridine rings is 1. The number of ether oxygens (including phenoxy) is 4. The van der Waals surface area contributed by atoms with Gasteiger partial charge in [0.25, 0.3) is 5.56 Å². The Bertz CT molecular complexity index is 1140. The second-order valence-corrected chi connectivity index (χ2v) is 7.71. The van der Waals surface area contributed by atoms with Gasteiger partial charge in [-0.25, -0.2) is 0 Å². The molecule has 0 bridgehead atoms. The quantitative estimate of drug-likeness (QED) is 0.695. The summed E-state index contributed by atoms with van der Waals surface area (Å²) in [5.74, 6) is 0.772. The average Bonchev–Trinajstić information content (AvgIpc) is 2.76. The third kappa shape index (κ3) is 3.97. The molecule has 1 aliphatic rings. The van der Waals surface area contributed by atoms with Crippen LogP contribution in [0.5, 0.6) is 23.0 Å². The Hall–Kier alpha value is -3.64. The highest BCUT2D eigenvalue weighted by Gasteiger charge is 2.35. The van der Waals surface area contributed by atoms with E-state index in [1.54, 1.807) is 22.8 Å². The summed E-state index contributed by atoms with van der Waals surface area (Å²) in [4.78, 5) is 15.6. The molecule has 9 heteroatoms. The van der Waals surface area contributed by atoms with Crippen molar-refractivity contribution in [3.8, 4) is 29.1 Å². The van der Waals surface area contributed by atoms with Crippen molar-refractivity contribution in [2.75, 3.05) is 42.0 Å². The zero-order valence-corrected chi connectivity index (χ0v) is 19.2. The van der Waals surface area contributed by atoms with Crippen molar-refractivity contribution in [1.82, 2.24) is 9.47 Å². The van der Waals surface area contributed by atoms with Gasteiger partial charge >= 0.3 is 0 Å². The average molecular weight is 441 g/mol. The summed E-state index contributed by atoms with van der Waals surface area (Å²) in [5.41, 5.74) is 7.69. The van der Waals surface area contributed by atoms with Gasteiger partial charge in [-0.15, -0.1) is 0 Å². The van der Waals surface area contributed by atoms with Gasteiger partial charge in [-0.3, -0.25) is 4.79 Å². The van der Waals surface area contributed by atoms with Crippen LogP contribution in [0.4, 0.5) is 0 Å². The standard InChI is InChI=1S/C23H28N4O5/c1-13-9-16-20(23(28)27(13)8-7-26(2)3)19(15(12-24)22(25)32-16)14-10-17(29-4)21(31-6)18(11-14)30-5/h9-11,19H,7-8,25H2,1-6H3/t19-/m1/s1. The number of allylic oxidation sites excluding steroid dienone is 1. The molecule has 0 saturated heterocycles. The highest BCUT2D eigenvalue weighted by atomic mass is 16.5. The van der Waals surface area contributed by atoms with Gasteiger partial charge in [0.05, 0.1) is 32.8 Å². The van der Waals surface area contributed by atoms with Crippen LogP contribution in [-0.2, 0) is 6.54 Å². The van der Waals surface area contributed by atoms with E-state index in [9.17, 15) is 10.1 Å². The summed E-state index contributed by atoms with van der Waals surface area (Å²) in [6, 6.07) is 7.33. The number of hydrogen-bond acceptors (Lipinski definition) is 8. The first-order valence-corrected chi connectivity index (χ1v) is 10.0.